The summed E-state index contributed by atoms with van der Waals surface area (Å²) in [6.45, 7) is 0.367. The fourth-order valence-electron chi connectivity index (χ4n) is 2.95. The van der Waals surface area contributed by atoms with Crippen LogP contribution in [0.3, 0.4) is 0 Å². The van der Waals surface area contributed by atoms with Gasteiger partial charge >= 0.3 is 5.95 Å². The molecule has 27 heavy (non-hydrogen) atoms. The molecule has 0 spiro atoms. The van der Waals surface area contributed by atoms with Gasteiger partial charge in [-0.05, 0) is 24.0 Å². The molecule has 0 saturated heterocycles. The number of nitrogen functional groups attached to an aromatic ring is 1. The normalized spacial score (nSPS) is 11.8. The number of H-pyrrole nitrogens is 1. The van der Waals surface area contributed by atoms with Gasteiger partial charge < -0.3 is 10.5 Å². The Morgan fingerprint density at radius 1 is 1.00 bits per heavy atom. The summed E-state index contributed by atoms with van der Waals surface area (Å²) in [6.07, 6.45) is 3.96. The summed E-state index contributed by atoms with van der Waals surface area (Å²) >= 11 is 0. The van der Waals surface area contributed by atoms with Gasteiger partial charge in [0, 0.05) is 6.42 Å². The number of aliphatic hydroxyl groups excluding tert-OH is 1. The zero-order chi connectivity index (χ0) is 18.9. The molecular formula is C21H26N5O+. The number of hydrazine groups is 1. The Bertz CT molecular complexity index is 826. The van der Waals surface area contributed by atoms with Crippen molar-refractivity contribution in [1.29, 1.82) is 0 Å². The van der Waals surface area contributed by atoms with Crippen molar-refractivity contribution < 1.29 is 10.1 Å². The van der Waals surface area contributed by atoms with Gasteiger partial charge in [0.05, 0.1) is 12.7 Å². The van der Waals surface area contributed by atoms with Crippen LogP contribution >= 0.6 is 0 Å². The molecule has 0 saturated carbocycles. The number of aromatic amines is 1. The van der Waals surface area contributed by atoms with Crippen molar-refractivity contribution in [2.24, 2.45) is 5.84 Å². The van der Waals surface area contributed by atoms with Gasteiger partial charge in [-0.1, -0.05) is 65.6 Å². The highest BCUT2D eigenvalue weighted by Gasteiger charge is 2.15. The lowest BCUT2D eigenvalue weighted by molar-refractivity contribution is -0.364. The number of rotatable bonds is 9. The highest BCUT2D eigenvalue weighted by atomic mass is 16.3. The highest BCUT2D eigenvalue weighted by molar-refractivity contribution is 5.45. The lowest BCUT2D eigenvalue weighted by Gasteiger charge is -2.10. The number of nitrogens with zero attached hydrogens (tertiary/aromatic N) is 1. The van der Waals surface area contributed by atoms with Crippen LogP contribution in [0.1, 0.15) is 29.3 Å². The van der Waals surface area contributed by atoms with Gasteiger partial charge in [-0.15, -0.1) is 0 Å². The zero-order valence-corrected chi connectivity index (χ0v) is 15.2. The Labute approximate surface area is 159 Å². The maximum absolute atomic E-state index is 10.3. The number of aliphatic hydroxyl groups is 1. The van der Waals surface area contributed by atoms with Crippen LogP contribution in [0, 0.1) is 0 Å². The summed E-state index contributed by atoms with van der Waals surface area (Å²) in [5.74, 6) is 6.22. The molecule has 0 aliphatic carbocycles. The molecule has 2 aromatic carbocycles. The predicted octanol–water partition coefficient (Wildman–Crippen LogP) is 2.50. The summed E-state index contributed by atoms with van der Waals surface area (Å²) in [6, 6.07) is 20.0. The van der Waals surface area contributed by atoms with E-state index in [1.165, 1.54) is 5.56 Å². The summed E-state index contributed by atoms with van der Waals surface area (Å²) in [4.78, 5) is 7.69. The van der Waals surface area contributed by atoms with Crippen molar-refractivity contribution in [3.63, 3.8) is 0 Å². The lowest BCUT2D eigenvalue weighted by atomic mass is 10.1. The van der Waals surface area contributed by atoms with Gasteiger partial charge in [0.25, 0.3) is 0 Å². The third-order valence-electron chi connectivity index (χ3n) is 4.44. The average molecular weight is 364 g/mol. The average Bonchev–Trinajstić information content (AvgIpc) is 2.73. The van der Waals surface area contributed by atoms with E-state index in [0.29, 0.717) is 12.5 Å². The second-order valence-electron chi connectivity index (χ2n) is 6.40. The van der Waals surface area contributed by atoms with E-state index >= 15 is 0 Å². The first-order chi connectivity index (χ1) is 13.3. The Balaban J connectivity index is 1.59. The fraction of sp³-hybridized carbons (Fsp3) is 0.238. The molecule has 0 aliphatic heterocycles. The van der Waals surface area contributed by atoms with Crippen molar-refractivity contribution in [2.45, 2.75) is 25.4 Å². The van der Waals surface area contributed by atoms with E-state index in [9.17, 15) is 5.11 Å². The molecule has 140 valence electrons. The smallest absolute Gasteiger partial charge is 0.385 e. The maximum Gasteiger partial charge on any atom is 0.389 e. The van der Waals surface area contributed by atoms with Crippen LogP contribution < -0.4 is 21.6 Å². The fourth-order valence-corrected chi connectivity index (χ4v) is 2.95. The predicted molar refractivity (Wildman–Crippen MR) is 107 cm³/mol. The molecule has 6 nitrogen and oxygen atoms in total. The second-order valence-corrected chi connectivity index (χ2v) is 6.40. The SMILES string of the molecule is NNc1c[nH+]c(NCC(O)c2ccccc2)nc1CCCc1ccccc1. The Morgan fingerprint density at radius 3 is 2.41 bits per heavy atom. The van der Waals surface area contributed by atoms with Gasteiger partial charge in [-0.2, -0.15) is 0 Å². The van der Waals surface area contributed by atoms with Gasteiger partial charge in [-0.25, -0.2) is 4.98 Å². The van der Waals surface area contributed by atoms with Crippen LogP contribution in [0.4, 0.5) is 11.6 Å². The van der Waals surface area contributed by atoms with Crippen LogP contribution in [0.2, 0.25) is 0 Å². The van der Waals surface area contributed by atoms with Crippen molar-refractivity contribution in [3.05, 3.63) is 83.7 Å². The Morgan fingerprint density at radius 2 is 1.70 bits per heavy atom. The molecule has 3 aromatic rings. The first-order valence-corrected chi connectivity index (χ1v) is 9.15. The van der Waals surface area contributed by atoms with E-state index in [4.69, 9.17) is 5.84 Å². The molecule has 0 fully saturated rings. The van der Waals surface area contributed by atoms with E-state index < -0.39 is 6.10 Å². The molecule has 0 amide bonds. The Hall–Kier alpha value is -2.96. The van der Waals surface area contributed by atoms with Crippen LogP contribution in [0.15, 0.2) is 66.9 Å². The third-order valence-corrected chi connectivity index (χ3v) is 4.44. The number of nitrogens with two attached hydrogens (primary N) is 1. The van der Waals surface area contributed by atoms with Crippen LogP contribution in [0.5, 0.6) is 0 Å². The van der Waals surface area contributed by atoms with E-state index in [1.807, 2.05) is 36.4 Å². The minimum atomic E-state index is -0.602. The Kier molecular flexibility index (Phi) is 6.73. The van der Waals surface area contributed by atoms with Crippen molar-refractivity contribution >= 4 is 11.6 Å². The summed E-state index contributed by atoms with van der Waals surface area (Å²) in [7, 11) is 0. The van der Waals surface area contributed by atoms with Crippen molar-refractivity contribution in [1.82, 2.24) is 4.98 Å². The summed E-state index contributed by atoms with van der Waals surface area (Å²) < 4.78 is 0. The van der Waals surface area contributed by atoms with Crippen molar-refractivity contribution in [3.8, 4) is 0 Å². The summed E-state index contributed by atoms with van der Waals surface area (Å²) in [5, 5.41) is 13.4. The topological polar surface area (TPSA) is 97.3 Å². The quantitative estimate of drug-likeness (QED) is 0.345. The number of aromatic nitrogens is 2. The molecule has 1 heterocycles. The molecular weight excluding hydrogens is 338 g/mol. The minimum absolute atomic E-state index is 0.367. The van der Waals surface area contributed by atoms with Gasteiger partial charge in [-0.3, -0.25) is 11.2 Å². The minimum Gasteiger partial charge on any atom is -0.385 e. The molecule has 6 N–H and O–H groups in total. The molecule has 1 atom stereocenters. The van der Waals surface area contributed by atoms with E-state index in [-0.39, 0.29) is 0 Å². The van der Waals surface area contributed by atoms with Crippen LogP contribution in [-0.2, 0) is 12.8 Å². The second kappa shape index (κ2) is 9.66. The number of nitrogens with one attached hydrogen (secondary N) is 3. The first-order valence-electron chi connectivity index (χ1n) is 9.15. The molecule has 1 unspecified atom stereocenters. The van der Waals surface area contributed by atoms with E-state index in [2.05, 4.69) is 45.0 Å². The molecule has 0 radical (unpaired) electrons. The van der Waals surface area contributed by atoms with Gasteiger partial charge in [0.1, 0.15) is 17.5 Å². The van der Waals surface area contributed by atoms with E-state index in [1.54, 1.807) is 6.20 Å². The molecule has 3 rings (SSSR count). The highest BCUT2D eigenvalue weighted by Crippen LogP contribution is 2.16. The lowest BCUT2D eigenvalue weighted by Crippen LogP contribution is -2.23. The maximum atomic E-state index is 10.3. The number of aryl methyl sites for hydroxylation is 2. The number of anilines is 2. The standard InChI is InChI=1S/C21H25N5O/c22-26-19-14-23-21(24-15-20(27)17-11-5-2-6-12-17)25-18(19)13-7-10-16-8-3-1-4-9-16/h1-6,8-9,11-12,14,20,26-27H,7,10,13,15,22H2,(H,23,24,25)/p+1. The number of benzene rings is 2. The van der Waals surface area contributed by atoms with Crippen LogP contribution in [-0.4, -0.2) is 16.6 Å². The van der Waals surface area contributed by atoms with Crippen LogP contribution in [0.25, 0.3) is 0 Å². The van der Waals surface area contributed by atoms with E-state index in [0.717, 1.165) is 36.2 Å². The largest absolute Gasteiger partial charge is 0.389 e. The molecule has 1 aromatic heterocycles. The van der Waals surface area contributed by atoms with Gasteiger partial charge in [0.2, 0.25) is 0 Å². The molecule has 0 bridgehead atoms. The summed E-state index contributed by atoms with van der Waals surface area (Å²) in [5.41, 5.74) is 6.54. The monoisotopic (exact) mass is 364 g/mol. The zero-order valence-electron chi connectivity index (χ0n) is 15.2. The number of hydrogen-bond donors (Lipinski definition) is 4. The number of hydrogen-bond acceptors (Lipinski definition) is 5. The van der Waals surface area contributed by atoms with Gasteiger partial charge in [0.15, 0.2) is 0 Å². The van der Waals surface area contributed by atoms with Crippen molar-refractivity contribution in [2.75, 3.05) is 17.3 Å². The molecule has 0 aliphatic rings. The molecule has 6 heteroatoms. The first kappa shape index (κ1) is 18.8. The third kappa shape index (κ3) is 5.51.